The summed E-state index contributed by atoms with van der Waals surface area (Å²) < 4.78 is 5.42. The molecule has 1 atom stereocenters. The van der Waals surface area contributed by atoms with Gasteiger partial charge in [0.25, 0.3) is 0 Å². The van der Waals surface area contributed by atoms with Crippen LogP contribution in [-0.2, 0) is 11.0 Å². The van der Waals surface area contributed by atoms with E-state index in [4.69, 9.17) is 10.5 Å². The van der Waals surface area contributed by atoms with E-state index in [-0.39, 0.29) is 11.0 Å². The fraction of sp³-hybridized carbons (Fsp3) is 0.600. The third-order valence-electron chi connectivity index (χ3n) is 3.42. The summed E-state index contributed by atoms with van der Waals surface area (Å²) in [6, 6.07) is 6.33. The second kappa shape index (κ2) is 4.69. The van der Waals surface area contributed by atoms with Gasteiger partial charge in [-0.1, -0.05) is 33.8 Å². The van der Waals surface area contributed by atoms with Crippen LogP contribution in [0.1, 0.15) is 52.2 Å². The molecule has 0 saturated heterocycles. The van der Waals surface area contributed by atoms with Crippen molar-refractivity contribution in [1.82, 2.24) is 0 Å². The first-order valence-electron chi connectivity index (χ1n) is 6.20. The Balaban J connectivity index is 3.35. The summed E-state index contributed by atoms with van der Waals surface area (Å²) >= 11 is 0. The van der Waals surface area contributed by atoms with Gasteiger partial charge < -0.3 is 10.5 Å². The molecule has 0 spiro atoms. The van der Waals surface area contributed by atoms with Gasteiger partial charge in [0.15, 0.2) is 0 Å². The van der Waals surface area contributed by atoms with E-state index in [9.17, 15) is 0 Å². The Kier molecular flexibility index (Phi) is 3.88. The van der Waals surface area contributed by atoms with Gasteiger partial charge in [0.05, 0.1) is 7.11 Å². The van der Waals surface area contributed by atoms with Crippen molar-refractivity contribution < 1.29 is 4.74 Å². The molecule has 96 valence electrons. The molecule has 0 fully saturated rings. The van der Waals surface area contributed by atoms with Gasteiger partial charge in [-0.15, -0.1) is 0 Å². The Hall–Kier alpha value is -1.02. The summed E-state index contributed by atoms with van der Waals surface area (Å²) in [6.07, 6.45) is 0.886. The van der Waals surface area contributed by atoms with E-state index in [1.54, 1.807) is 7.11 Å². The predicted molar refractivity (Wildman–Crippen MR) is 73.5 cm³/mol. The summed E-state index contributed by atoms with van der Waals surface area (Å²) in [5.74, 6) is 0.879. The molecule has 1 unspecified atom stereocenters. The molecule has 0 amide bonds. The maximum Gasteiger partial charge on any atom is 0.123 e. The molecule has 2 N–H and O–H groups in total. The zero-order chi connectivity index (χ0) is 13.3. The van der Waals surface area contributed by atoms with Crippen molar-refractivity contribution in [3.8, 4) is 5.75 Å². The Bertz CT molecular complexity index is 388. The zero-order valence-electron chi connectivity index (χ0n) is 11.9. The van der Waals surface area contributed by atoms with Crippen LogP contribution < -0.4 is 10.5 Å². The minimum Gasteiger partial charge on any atom is -0.496 e. The standard InChI is InChI=1S/C15H25NO/c1-7-15(5,16)12-10-11(14(2,3)4)8-9-13(12)17-6/h8-10H,7,16H2,1-6H3. The van der Waals surface area contributed by atoms with Crippen LogP contribution in [0.15, 0.2) is 18.2 Å². The monoisotopic (exact) mass is 235 g/mol. The number of methoxy groups -OCH3 is 1. The van der Waals surface area contributed by atoms with Crippen LogP contribution in [0.5, 0.6) is 5.75 Å². The summed E-state index contributed by atoms with van der Waals surface area (Å²) in [7, 11) is 1.70. The fourth-order valence-corrected chi connectivity index (χ4v) is 1.81. The van der Waals surface area contributed by atoms with Crippen LogP contribution in [-0.4, -0.2) is 7.11 Å². The molecule has 0 aliphatic carbocycles. The average molecular weight is 235 g/mol. The van der Waals surface area contributed by atoms with Crippen LogP contribution in [0.2, 0.25) is 0 Å². The van der Waals surface area contributed by atoms with E-state index in [0.717, 1.165) is 17.7 Å². The highest BCUT2D eigenvalue weighted by Gasteiger charge is 2.25. The Morgan fingerprint density at radius 2 is 1.76 bits per heavy atom. The second-order valence-electron chi connectivity index (χ2n) is 5.94. The lowest BCUT2D eigenvalue weighted by Gasteiger charge is -2.28. The number of hydrogen-bond acceptors (Lipinski definition) is 2. The molecule has 1 rings (SSSR count). The first-order valence-corrected chi connectivity index (χ1v) is 6.20. The van der Waals surface area contributed by atoms with Gasteiger partial charge in [0.1, 0.15) is 5.75 Å². The molecular weight excluding hydrogens is 210 g/mol. The number of nitrogens with two attached hydrogens (primary N) is 1. The molecule has 0 aromatic heterocycles. The molecule has 2 heteroatoms. The molecule has 1 aromatic rings. The highest BCUT2D eigenvalue weighted by molar-refractivity contribution is 5.43. The lowest BCUT2D eigenvalue weighted by atomic mass is 9.82. The van der Waals surface area contributed by atoms with E-state index >= 15 is 0 Å². The molecule has 0 bridgehead atoms. The highest BCUT2D eigenvalue weighted by atomic mass is 16.5. The Morgan fingerprint density at radius 3 is 2.18 bits per heavy atom. The summed E-state index contributed by atoms with van der Waals surface area (Å²) in [5, 5.41) is 0. The summed E-state index contributed by atoms with van der Waals surface area (Å²) in [6.45, 7) is 10.8. The van der Waals surface area contributed by atoms with E-state index in [0.29, 0.717) is 0 Å². The van der Waals surface area contributed by atoms with Crippen LogP contribution in [0.3, 0.4) is 0 Å². The topological polar surface area (TPSA) is 35.2 Å². The van der Waals surface area contributed by atoms with Crippen molar-refractivity contribution in [2.75, 3.05) is 7.11 Å². The van der Waals surface area contributed by atoms with E-state index in [1.165, 1.54) is 5.56 Å². The van der Waals surface area contributed by atoms with Crippen LogP contribution in [0.25, 0.3) is 0 Å². The molecule has 0 heterocycles. The van der Waals surface area contributed by atoms with Crippen molar-refractivity contribution >= 4 is 0 Å². The van der Waals surface area contributed by atoms with Crippen molar-refractivity contribution in [2.45, 2.75) is 52.0 Å². The lowest BCUT2D eigenvalue weighted by molar-refractivity contribution is 0.382. The third-order valence-corrected chi connectivity index (χ3v) is 3.42. The fourth-order valence-electron chi connectivity index (χ4n) is 1.81. The van der Waals surface area contributed by atoms with Crippen molar-refractivity contribution in [1.29, 1.82) is 0 Å². The number of hydrogen-bond donors (Lipinski definition) is 1. The van der Waals surface area contributed by atoms with Gasteiger partial charge in [-0.25, -0.2) is 0 Å². The second-order valence-corrected chi connectivity index (χ2v) is 5.94. The minimum absolute atomic E-state index is 0.130. The molecule has 0 radical (unpaired) electrons. The van der Waals surface area contributed by atoms with E-state index in [1.807, 2.05) is 6.07 Å². The van der Waals surface area contributed by atoms with Gasteiger partial charge in [-0.05, 0) is 36.5 Å². The Morgan fingerprint density at radius 1 is 1.18 bits per heavy atom. The first-order chi connectivity index (χ1) is 7.72. The Labute approximate surface area is 105 Å². The van der Waals surface area contributed by atoms with Crippen LogP contribution in [0.4, 0.5) is 0 Å². The summed E-state index contributed by atoms with van der Waals surface area (Å²) in [4.78, 5) is 0. The molecule has 0 saturated carbocycles. The predicted octanol–water partition coefficient (Wildman–Crippen LogP) is 3.58. The SMILES string of the molecule is CCC(C)(N)c1cc(C(C)(C)C)ccc1OC. The molecule has 17 heavy (non-hydrogen) atoms. The number of rotatable bonds is 3. The quantitative estimate of drug-likeness (QED) is 0.869. The van der Waals surface area contributed by atoms with Crippen LogP contribution in [0, 0.1) is 0 Å². The smallest absolute Gasteiger partial charge is 0.123 e. The van der Waals surface area contributed by atoms with Gasteiger partial charge >= 0.3 is 0 Å². The van der Waals surface area contributed by atoms with Crippen molar-refractivity contribution in [3.05, 3.63) is 29.3 Å². The lowest BCUT2D eigenvalue weighted by Crippen LogP contribution is -2.33. The maximum atomic E-state index is 6.35. The molecule has 2 nitrogen and oxygen atoms in total. The van der Waals surface area contributed by atoms with Crippen molar-refractivity contribution in [3.63, 3.8) is 0 Å². The molecule has 0 aliphatic rings. The summed E-state index contributed by atoms with van der Waals surface area (Å²) in [5.41, 5.74) is 8.52. The van der Waals surface area contributed by atoms with Gasteiger partial charge in [-0.3, -0.25) is 0 Å². The largest absolute Gasteiger partial charge is 0.496 e. The van der Waals surface area contributed by atoms with E-state index in [2.05, 4.69) is 46.8 Å². The van der Waals surface area contributed by atoms with Gasteiger partial charge in [0.2, 0.25) is 0 Å². The average Bonchev–Trinajstić information content (AvgIpc) is 2.27. The number of ether oxygens (including phenoxy) is 1. The van der Waals surface area contributed by atoms with Gasteiger partial charge in [0, 0.05) is 11.1 Å². The third kappa shape index (κ3) is 3.01. The number of benzene rings is 1. The van der Waals surface area contributed by atoms with Crippen molar-refractivity contribution in [2.24, 2.45) is 5.73 Å². The maximum absolute atomic E-state index is 6.35. The zero-order valence-corrected chi connectivity index (χ0v) is 11.9. The molecule has 1 aromatic carbocycles. The molecular formula is C15H25NO. The van der Waals surface area contributed by atoms with Gasteiger partial charge in [-0.2, -0.15) is 0 Å². The first kappa shape index (κ1) is 14.0. The van der Waals surface area contributed by atoms with E-state index < -0.39 is 0 Å². The molecule has 0 aliphatic heterocycles. The highest BCUT2D eigenvalue weighted by Crippen LogP contribution is 2.34. The van der Waals surface area contributed by atoms with Crippen LogP contribution >= 0.6 is 0 Å². The minimum atomic E-state index is -0.341. The normalized spacial score (nSPS) is 15.5.